The quantitative estimate of drug-likeness (QED) is 0.579. The number of ether oxygens (including phenoxy) is 1. The van der Waals surface area contributed by atoms with Crippen LogP contribution < -0.4 is 9.46 Å². The normalized spacial score (nSPS) is 11.2. The van der Waals surface area contributed by atoms with Crippen molar-refractivity contribution in [3.05, 3.63) is 87.9 Å². The lowest BCUT2D eigenvalue weighted by Crippen LogP contribution is -2.14. The predicted molar refractivity (Wildman–Crippen MR) is 110 cm³/mol. The van der Waals surface area contributed by atoms with Gasteiger partial charge in [-0.05, 0) is 72.1 Å². The van der Waals surface area contributed by atoms with Crippen LogP contribution in [0.4, 0.5) is 5.69 Å². The molecule has 0 aliphatic heterocycles. The van der Waals surface area contributed by atoms with Crippen molar-refractivity contribution in [2.75, 3.05) is 11.8 Å². The number of anilines is 1. The van der Waals surface area contributed by atoms with Gasteiger partial charge >= 0.3 is 0 Å². The Balaban J connectivity index is 1.91. The minimum Gasteiger partial charge on any atom is -0.497 e. The van der Waals surface area contributed by atoms with Crippen LogP contribution in [-0.4, -0.2) is 15.5 Å². The molecule has 4 nitrogen and oxygen atoms in total. The molecule has 0 amide bonds. The zero-order valence-electron chi connectivity index (χ0n) is 14.4. The van der Waals surface area contributed by atoms with Crippen LogP contribution in [-0.2, 0) is 16.4 Å². The fourth-order valence-electron chi connectivity index (χ4n) is 2.63. The molecule has 0 heterocycles. The van der Waals surface area contributed by atoms with Crippen molar-refractivity contribution in [1.82, 2.24) is 0 Å². The van der Waals surface area contributed by atoms with Crippen LogP contribution >= 0.6 is 23.2 Å². The van der Waals surface area contributed by atoms with Crippen LogP contribution in [0.15, 0.2) is 71.6 Å². The highest BCUT2D eigenvalue weighted by atomic mass is 35.5. The summed E-state index contributed by atoms with van der Waals surface area (Å²) >= 11 is 12.2. The summed E-state index contributed by atoms with van der Waals surface area (Å²) in [5.74, 6) is 0.585. The molecule has 27 heavy (non-hydrogen) atoms. The van der Waals surface area contributed by atoms with Gasteiger partial charge in [-0.15, -0.1) is 0 Å². The molecule has 0 aliphatic carbocycles. The Bertz CT molecular complexity index is 1050. The van der Waals surface area contributed by atoms with Gasteiger partial charge in [0.15, 0.2) is 0 Å². The van der Waals surface area contributed by atoms with E-state index in [1.807, 2.05) is 18.2 Å². The molecule has 0 atom stereocenters. The summed E-state index contributed by atoms with van der Waals surface area (Å²) < 4.78 is 33.2. The van der Waals surface area contributed by atoms with Gasteiger partial charge in [0.25, 0.3) is 10.0 Å². The molecule has 0 saturated heterocycles. The number of hydrogen-bond donors (Lipinski definition) is 1. The number of halogens is 2. The van der Waals surface area contributed by atoms with Crippen LogP contribution in [0.25, 0.3) is 0 Å². The number of hydrogen-bond acceptors (Lipinski definition) is 3. The lowest BCUT2D eigenvalue weighted by molar-refractivity contribution is 0.414. The van der Waals surface area contributed by atoms with Gasteiger partial charge in [0, 0.05) is 10.0 Å². The van der Waals surface area contributed by atoms with Crippen LogP contribution in [0.3, 0.4) is 0 Å². The first-order chi connectivity index (χ1) is 12.9. The average molecular weight is 422 g/mol. The molecule has 0 radical (unpaired) electrons. The standard InChI is InChI=1S/C20H17Cl2NO3S/c1-26-18-6-8-19(9-7-18)27(24,25)23-20-10-5-17(22)13-15(20)11-14-3-2-4-16(21)12-14/h2-10,12-13,23H,11H2,1H3. The Morgan fingerprint density at radius 1 is 0.926 bits per heavy atom. The van der Waals surface area contributed by atoms with Crippen molar-refractivity contribution in [1.29, 1.82) is 0 Å². The fourth-order valence-corrected chi connectivity index (χ4v) is 4.14. The van der Waals surface area contributed by atoms with E-state index in [1.165, 1.54) is 19.2 Å². The van der Waals surface area contributed by atoms with Crippen molar-refractivity contribution in [2.45, 2.75) is 11.3 Å². The van der Waals surface area contributed by atoms with E-state index in [2.05, 4.69) is 4.72 Å². The van der Waals surface area contributed by atoms with E-state index in [1.54, 1.807) is 36.4 Å². The average Bonchev–Trinajstić information content (AvgIpc) is 2.64. The van der Waals surface area contributed by atoms with E-state index in [0.717, 1.165) is 11.1 Å². The highest BCUT2D eigenvalue weighted by Crippen LogP contribution is 2.27. The van der Waals surface area contributed by atoms with Crippen molar-refractivity contribution >= 4 is 38.9 Å². The Morgan fingerprint density at radius 2 is 1.63 bits per heavy atom. The summed E-state index contributed by atoms with van der Waals surface area (Å²) in [7, 11) is -2.22. The first-order valence-corrected chi connectivity index (χ1v) is 10.3. The number of nitrogens with one attached hydrogen (secondary N) is 1. The summed E-state index contributed by atoms with van der Waals surface area (Å²) in [6.45, 7) is 0. The topological polar surface area (TPSA) is 55.4 Å². The Kier molecular flexibility index (Phi) is 5.95. The van der Waals surface area contributed by atoms with Gasteiger partial charge in [-0.25, -0.2) is 8.42 Å². The predicted octanol–water partition coefficient (Wildman–Crippen LogP) is 5.39. The molecule has 0 spiro atoms. The summed E-state index contributed by atoms with van der Waals surface area (Å²) in [4.78, 5) is 0.145. The highest BCUT2D eigenvalue weighted by molar-refractivity contribution is 7.92. The van der Waals surface area contributed by atoms with Crippen LogP contribution in [0.1, 0.15) is 11.1 Å². The second-order valence-electron chi connectivity index (χ2n) is 5.89. The minimum absolute atomic E-state index is 0.145. The second kappa shape index (κ2) is 8.21. The third-order valence-electron chi connectivity index (χ3n) is 3.96. The van der Waals surface area contributed by atoms with Gasteiger partial charge in [-0.2, -0.15) is 0 Å². The van der Waals surface area contributed by atoms with Crippen molar-refractivity contribution < 1.29 is 13.2 Å². The maximum Gasteiger partial charge on any atom is 0.261 e. The fraction of sp³-hybridized carbons (Fsp3) is 0.100. The van der Waals surface area contributed by atoms with E-state index >= 15 is 0 Å². The Morgan fingerprint density at radius 3 is 2.30 bits per heavy atom. The minimum atomic E-state index is -3.75. The van der Waals surface area contributed by atoms with Crippen molar-refractivity contribution in [3.63, 3.8) is 0 Å². The summed E-state index contributed by atoms with van der Waals surface area (Å²) in [5.41, 5.74) is 2.17. The number of benzene rings is 3. The second-order valence-corrected chi connectivity index (χ2v) is 8.44. The van der Waals surface area contributed by atoms with Gasteiger partial charge in [0.1, 0.15) is 5.75 Å². The maximum atomic E-state index is 12.7. The molecule has 1 N–H and O–H groups in total. The van der Waals surface area contributed by atoms with Gasteiger partial charge < -0.3 is 4.74 Å². The first-order valence-electron chi connectivity index (χ1n) is 8.07. The van der Waals surface area contributed by atoms with Crippen molar-refractivity contribution in [3.8, 4) is 5.75 Å². The molecule has 0 aromatic heterocycles. The zero-order valence-corrected chi connectivity index (χ0v) is 16.8. The molecule has 0 bridgehead atoms. The molecule has 3 aromatic rings. The van der Waals surface area contributed by atoms with Crippen LogP contribution in [0.2, 0.25) is 10.0 Å². The van der Waals surface area contributed by atoms with Gasteiger partial charge in [-0.3, -0.25) is 4.72 Å². The molecular formula is C20H17Cl2NO3S. The molecule has 3 rings (SSSR count). The summed E-state index contributed by atoms with van der Waals surface area (Å²) in [5, 5.41) is 1.15. The highest BCUT2D eigenvalue weighted by Gasteiger charge is 2.16. The maximum absolute atomic E-state index is 12.7. The zero-order chi connectivity index (χ0) is 19.4. The Hall–Kier alpha value is -2.21. The molecule has 7 heteroatoms. The number of rotatable bonds is 6. The third kappa shape index (κ3) is 4.95. The molecule has 0 fully saturated rings. The van der Waals surface area contributed by atoms with Crippen LogP contribution in [0.5, 0.6) is 5.75 Å². The van der Waals surface area contributed by atoms with Gasteiger partial charge in [0.2, 0.25) is 0 Å². The third-order valence-corrected chi connectivity index (χ3v) is 5.82. The van der Waals surface area contributed by atoms with E-state index < -0.39 is 10.0 Å². The molecular weight excluding hydrogens is 405 g/mol. The van der Waals surface area contributed by atoms with E-state index in [9.17, 15) is 8.42 Å². The molecule has 0 aliphatic rings. The lowest BCUT2D eigenvalue weighted by atomic mass is 10.0. The van der Waals surface area contributed by atoms with E-state index in [-0.39, 0.29) is 4.90 Å². The number of methoxy groups -OCH3 is 1. The molecule has 0 saturated carbocycles. The van der Waals surface area contributed by atoms with E-state index in [0.29, 0.717) is 27.9 Å². The monoisotopic (exact) mass is 421 g/mol. The summed E-state index contributed by atoms with van der Waals surface area (Å²) in [6, 6.07) is 18.6. The Labute approximate surface area is 168 Å². The van der Waals surface area contributed by atoms with Crippen molar-refractivity contribution in [2.24, 2.45) is 0 Å². The number of sulfonamides is 1. The van der Waals surface area contributed by atoms with Gasteiger partial charge in [0.05, 0.1) is 17.7 Å². The lowest BCUT2D eigenvalue weighted by Gasteiger charge is -2.14. The molecule has 3 aromatic carbocycles. The molecule has 0 unspecified atom stereocenters. The SMILES string of the molecule is COc1ccc(S(=O)(=O)Nc2ccc(Cl)cc2Cc2cccc(Cl)c2)cc1. The largest absolute Gasteiger partial charge is 0.497 e. The first kappa shape index (κ1) is 19.5. The molecule has 140 valence electrons. The smallest absolute Gasteiger partial charge is 0.261 e. The van der Waals surface area contributed by atoms with E-state index in [4.69, 9.17) is 27.9 Å². The van der Waals surface area contributed by atoms with Gasteiger partial charge in [-0.1, -0.05) is 35.3 Å². The van der Waals surface area contributed by atoms with Crippen LogP contribution in [0, 0.1) is 0 Å². The summed E-state index contributed by atoms with van der Waals surface area (Å²) in [6.07, 6.45) is 0.488.